The van der Waals surface area contributed by atoms with Gasteiger partial charge < -0.3 is 9.47 Å². The fourth-order valence-corrected chi connectivity index (χ4v) is 1.73. The van der Waals surface area contributed by atoms with Crippen LogP contribution in [0.5, 0.6) is 0 Å². The van der Waals surface area contributed by atoms with Crippen LogP contribution < -0.4 is 0 Å². The van der Waals surface area contributed by atoms with Gasteiger partial charge in [0, 0.05) is 25.5 Å². The van der Waals surface area contributed by atoms with Gasteiger partial charge in [-0.3, -0.25) is 0 Å². The zero-order chi connectivity index (χ0) is 11.4. The quantitative estimate of drug-likeness (QED) is 0.773. The van der Waals surface area contributed by atoms with E-state index in [2.05, 4.69) is 54.6 Å². The lowest BCUT2D eigenvalue weighted by Gasteiger charge is -2.14. The van der Waals surface area contributed by atoms with Crippen molar-refractivity contribution in [3.05, 3.63) is 54.1 Å². The second-order valence-corrected chi connectivity index (χ2v) is 4.16. The van der Waals surface area contributed by atoms with Crippen molar-refractivity contribution in [2.24, 2.45) is 0 Å². The summed E-state index contributed by atoms with van der Waals surface area (Å²) in [7, 11) is 4.17. The summed E-state index contributed by atoms with van der Waals surface area (Å²) in [6.07, 6.45) is 6.61. The van der Waals surface area contributed by atoms with Gasteiger partial charge in [-0.05, 0) is 25.2 Å². The molecule has 83 valence electrons. The Labute approximate surface area is 96.3 Å². The number of hydrogen-bond acceptors (Lipinski definition) is 2. The normalized spacial score (nSPS) is 10.9. The van der Waals surface area contributed by atoms with Crippen molar-refractivity contribution in [2.75, 3.05) is 14.1 Å². The SMILES string of the molecule is CN(C)Cc1ccccc1Cn1[c]ncc1. The lowest BCUT2D eigenvalue weighted by Crippen LogP contribution is -2.13. The largest absolute Gasteiger partial charge is 0.324 e. The van der Waals surface area contributed by atoms with Gasteiger partial charge in [0.1, 0.15) is 0 Å². The molecule has 0 atom stereocenters. The van der Waals surface area contributed by atoms with Gasteiger partial charge >= 0.3 is 0 Å². The summed E-state index contributed by atoms with van der Waals surface area (Å²) in [5.41, 5.74) is 2.68. The van der Waals surface area contributed by atoms with Gasteiger partial charge in [0.2, 0.25) is 0 Å². The van der Waals surface area contributed by atoms with Crippen LogP contribution in [0.1, 0.15) is 11.1 Å². The highest BCUT2D eigenvalue weighted by Crippen LogP contribution is 2.11. The Hall–Kier alpha value is -1.61. The number of nitrogens with zero attached hydrogens (tertiary/aromatic N) is 3. The third kappa shape index (κ3) is 2.70. The molecule has 3 nitrogen and oxygen atoms in total. The van der Waals surface area contributed by atoms with Crippen LogP contribution >= 0.6 is 0 Å². The lowest BCUT2D eigenvalue weighted by molar-refractivity contribution is 0.400. The van der Waals surface area contributed by atoms with Crippen molar-refractivity contribution < 1.29 is 0 Å². The van der Waals surface area contributed by atoms with Crippen molar-refractivity contribution in [1.82, 2.24) is 14.5 Å². The highest BCUT2D eigenvalue weighted by Gasteiger charge is 2.03. The molecule has 1 heterocycles. The molecule has 0 bridgehead atoms. The first kappa shape index (κ1) is 10.9. The van der Waals surface area contributed by atoms with E-state index in [0.29, 0.717) is 0 Å². The van der Waals surface area contributed by atoms with Crippen LogP contribution in [0.15, 0.2) is 36.7 Å². The molecule has 16 heavy (non-hydrogen) atoms. The summed E-state index contributed by atoms with van der Waals surface area (Å²) in [5, 5.41) is 0. The van der Waals surface area contributed by atoms with E-state index in [1.54, 1.807) is 6.20 Å². The Morgan fingerprint density at radius 2 is 2.00 bits per heavy atom. The van der Waals surface area contributed by atoms with E-state index >= 15 is 0 Å². The summed E-state index contributed by atoms with van der Waals surface area (Å²) in [6, 6.07) is 8.49. The molecular weight excluding hydrogens is 198 g/mol. The predicted molar refractivity (Wildman–Crippen MR) is 64.0 cm³/mol. The van der Waals surface area contributed by atoms with E-state index in [4.69, 9.17) is 0 Å². The molecule has 0 unspecified atom stereocenters. The molecule has 1 radical (unpaired) electrons. The molecule has 0 aliphatic rings. The topological polar surface area (TPSA) is 21.1 Å². The Kier molecular flexibility index (Phi) is 3.37. The molecule has 0 saturated carbocycles. The third-order valence-electron chi connectivity index (χ3n) is 2.45. The van der Waals surface area contributed by atoms with Crippen molar-refractivity contribution in [1.29, 1.82) is 0 Å². The second-order valence-electron chi connectivity index (χ2n) is 4.16. The molecule has 3 heteroatoms. The monoisotopic (exact) mass is 214 g/mol. The standard InChI is InChI=1S/C13H16N3/c1-15(2)9-12-5-3-4-6-13(12)10-16-8-7-14-11-16/h3-8H,9-10H2,1-2H3. The number of hydrogen-bond donors (Lipinski definition) is 0. The molecule has 0 aliphatic carbocycles. The van der Waals surface area contributed by atoms with Gasteiger partial charge in [-0.25, -0.2) is 4.98 Å². The van der Waals surface area contributed by atoms with Gasteiger partial charge in [0.05, 0.1) is 0 Å². The van der Waals surface area contributed by atoms with Crippen LogP contribution in [0.3, 0.4) is 0 Å². The number of imidazole rings is 1. The average Bonchev–Trinajstić information content (AvgIpc) is 2.73. The molecule has 2 aromatic rings. The Morgan fingerprint density at radius 1 is 1.25 bits per heavy atom. The molecular formula is C13H16N3. The van der Waals surface area contributed by atoms with Crippen molar-refractivity contribution in [3.63, 3.8) is 0 Å². The van der Waals surface area contributed by atoms with Crippen LogP contribution in [0.2, 0.25) is 0 Å². The molecule has 0 N–H and O–H groups in total. The zero-order valence-corrected chi connectivity index (χ0v) is 9.72. The molecule has 2 rings (SSSR count). The minimum absolute atomic E-state index is 0.837. The van der Waals surface area contributed by atoms with E-state index in [1.807, 2.05) is 10.8 Å². The highest BCUT2D eigenvalue weighted by molar-refractivity contribution is 5.27. The van der Waals surface area contributed by atoms with Gasteiger partial charge in [-0.2, -0.15) is 0 Å². The maximum absolute atomic E-state index is 3.94. The summed E-state index contributed by atoms with van der Waals surface area (Å²) < 4.78 is 1.97. The number of aromatic nitrogens is 2. The van der Waals surface area contributed by atoms with E-state index in [9.17, 15) is 0 Å². The predicted octanol–water partition coefficient (Wildman–Crippen LogP) is 1.79. The number of rotatable bonds is 4. The van der Waals surface area contributed by atoms with Gasteiger partial charge in [0.25, 0.3) is 0 Å². The fraction of sp³-hybridized carbons (Fsp3) is 0.308. The summed E-state index contributed by atoms with van der Waals surface area (Å²) in [5.74, 6) is 0. The van der Waals surface area contributed by atoms with Crippen molar-refractivity contribution in [3.8, 4) is 0 Å². The Bertz CT molecular complexity index is 432. The summed E-state index contributed by atoms with van der Waals surface area (Å²) >= 11 is 0. The second kappa shape index (κ2) is 4.94. The molecule has 0 fully saturated rings. The van der Waals surface area contributed by atoms with E-state index in [-0.39, 0.29) is 0 Å². The van der Waals surface area contributed by atoms with Crippen LogP contribution in [0, 0.1) is 6.33 Å². The van der Waals surface area contributed by atoms with Crippen LogP contribution in [0.4, 0.5) is 0 Å². The Balaban J connectivity index is 2.19. The fourth-order valence-electron chi connectivity index (χ4n) is 1.73. The van der Waals surface area contributed by atoms with Crippen molar-refractivity contribution in [2.45, 2.75) is 13.1 Å². The van der Waals surface area contributed by atoms with E-state index < -0.39 is 0 Å². The van der Waals surface area contributed by atoms with E-state index in [1.165, 1.54) is 11.1 Å². The molecule has 1 aromatic carbocycles. The summed E-state index contributed by atoms with van der Waals surface area (Å²) in [4.78, 5) is 6.11. The molecule has 0 saturated heterocycles. The minimum atomic E-state index is 0.837. The maximum atomic E-state index is 3.94. The minimum Gasteiger partial charge on any atom is -0.324 e. The summed E-state index contributed by atoms with van der Waals surface area (Å²) in [6.45, 7) is 1.80. The first-order valence-electron chi connectivity index (χ1n) is 5.36. The zero-order valence-electron chi connectivity index (χ0n) is 9.72. The molecule has 0 spiro atoms. The maximum Gasteiger partial charge on any atom is 0.176 e. The molecule has 1 aromatic heterocycles. The first-order chi connectivity index (χ1) is 7.75. The third-order valence-corrected chi connectivity index (χ3v) is 2.45. The average molecular weight is 214 g/mol. The van der Waals surface area contributed by atoms with Crippen molar-refractivity contribution >= 4 is 0 Å². The highest BCUT2D eigenvalue weighted by atomic mass is 15.1. The number of benzene rings is 1. The first-order valence-corrected chi connectivity index (χ1v) is 5.36. The smallest absolute Gasteiger partial charge is 0.176 e. The van der Waals surface area contributed by atoms with Gasteiger partial charge in [-0.1, -0.05) is 24.3 Å². The lowest BCUT2D eigenvalue weighted by atomic mass is 10.1. The van der Waals surface area contributed by atoms with E-state index in [0.717, 1.165) is 13.1 Å². The van der Waals surface area contributed by atoms with Crippen LogP contribution in [-0.2, 0) is 13.1 Å². The van der Waals surface area contributed by atoms with Gasteiger partial charge in [-0.15, -0.1) is 0 Å². The van der Waals surface area contributed by atoms with Crippen LogP contribution in [-0.4, -0.2) is 28.5 Å². The Morgan fingerprint density at radius 3 is 2.62 bits per heavy atom. The molecule has 0 aliphatic heterocycles. The molecule has 0 amide bonds. The van der Waals surface area contributed by atoms with Gasteiger partial charge in [0.15, 0.2) is 6.33 Å². The van der Waals surface area contributed by atoms with Crippen LogP contribution in [0.25, 0.3) is 0 Å².